The number of pyridine rings is 1. The smallest absolute Gasteiger partial charge is 0.0564 e. The van der Waals surface area contributed by atoms with Crippen LogP contribution in [0.2, 0.25) is 0 Å². The Kier molecular flexibility index (Phi) is 4.76. The summed E-state index contributed by atoms with van der Waals surface area (Å²) in [6, 6.07) is 5.84. The number of hydrogen-bond donors (Lipinski definition) is 1. The van der Waals surface area contributed by atoms with Gasteiger partial charge in [0, 0.05) is 50.1 Å². The molecule has 4 nitrogen and oxygen atoms in total. The van der Waals surface area contributed by atoms with Crippen LogP contribution in [0.3, 0.4) is 0 Å². The molecule has 2 aliphatic rings. The quantitative estimate of drug-likeness (QED) is 0.902. The Bertz CT molecular complexity index is 462. The number of nitrogens with one attached hydrogen (secondary N) is 1. The van der Waals surface area contributed by atoms with Gasteiger partial charge in [0.1, 0.15) is 0 Å². The first-order chi connectivity index (χ1) is 10.3. The molecule has 2 fully saturated rings. The third kappa shape index (κ3) is 3.55. The van der Waals surface area contributed by atoms with E-state index in [4.69, 9.17) is 0 Å². The van der Waals surface area contributed by atoms with E-state index in [1.807, 2.05) is 6.20 Å². The number of hydrogen-bond acceptors (Lipinski definition) is 4. The maximum Gasteiger partial charge on any atom is 0.0564 e. The van der Waals surface area contributed by atoms with Gasteiger partial charge in [0.25, 0.3) is 0 Å². The van der Waals surface area contributed by atoms with Crippen molar-refractivity contribution >= 4 is 5.69 Å². The Morgan fingerprint density at radius 2 is 2.14 bits per heavy atom. The molecule has 2 saturated heterocycles. The van der Waals surface area contributed by atoms with Gasteiger partial charge >= 0.3 is 0 Å². The number of anilines is 1. The molecule has 116 valence electrons. The zero-order chi connectivity index (χ0) is 14.7. The Morgan fingerprint density at radius 1 is 1.29 bits per heavy atom. The van der Waals surface area contributed by atoms with E-state index in [0.29, 0.717) is 0 Å². The van der Waals surface area contributed by atoms with Gasteiger partial charge in [-0.3, -0.25) is 14.8 Å². The Morgan fingerprint density at radius 3 is 3.00 bits per heavy atom. The fraction of sp³-hybridized carbons (Fsp3) is 0.706. The normalized spacial score (nSPS) is 26.8. The predicted octanol–water partition coefficient (Wildman–Crippen LogP) is 2.57. The van der Waals surface area contributed by atoms with E-state index in [-0.39, 0.29) is 0 Å². The topological polar surface area (TPSA) is 31.4 Å². The van der Waals surface area contributed by atoms with Crippen LogP contribution >= 0.6 is 0 Å². The second-order valence-corrected chi connectivity index (χ2v) is 6.54. The van der Waals surface area contributed by atoms with Crippen LogP contribution in [0, 0.1) is 0 Å². The van der Waals surface area contributed by atoms with Crippen LogP contribution < -0.4 is 5.32 Å². The highest BCUT2D eigenvalue weighted by molar-refractivity contribution is 5.43. The third-order valence-corrected chi connectivity index (χ3v) is 5.01. The minimum absolute atomic E-state index is 0.749. The van der Waals surface area contributed by atoms with Gasteiger partial charge in [-0.1, -0.05) is 6.92 Å². The highest BCUT2D eigenvalue weighted by Crippen LogP contribution is 2.28. The molecule has 3 rings (SSSR count). The molecule has 1 aromatic rings. The van der Waals surface area contributed by atoms with Crippen LogP contribution in [0.15, 0.2) is 18.3 Å². The zero-order valence-electron chi connectivity index (χ0n) is 13.4. The maximum absolute atomic E-state index is 4.56. The van der Waals surface area contributed by atoms with Crippen molar-refractivity contribution in [3.8, 4) is 0 Å². The van der Waals surface area contributed by atoms with Crippen molar-refractivity contribution in [3.63, 3.8) is 0 Å². The van der Waals surface area contributed by atoms with Gasteiger partial charge in [0.15, 0.2) is 0 Å². The van der Waals surface area contributed by atoms with Crippen molar-refractivity contribution in [2.24, 2.45) is 0 Å². The number of likely N-dealkylation sites (tertiary alicyclic amines) is 1. The van der Waals surface area contributed by atoms with Crippen LogP contribution in [0.1, 0.15) is 38.3 Å². The van der Waals surface area contributed by atoms with E-state index in [9.17, 15) is 0 Å². The lowest BCUT2D eigenvalue weighted by molar-refractivity contribution is 0.213. The van der Waals surface area contributed by atoms with Crippen LogP contribution in [0.4, 0.5) is 5.69 Å². The average Bonchev–Trinajstić information content (AvgIpc) is 2.74. The lowest BCUT2D eigenvalue weighted by atomic mass is 10.1. The minimum Gasteiger partial charge on any atom is -0.385 e. The second-order valence-electron chi connectivity index (χ2n) is 6.54. The van der Waals surface area contributed by atoms with Gasteiger partial charge < -0.3 is 5.32 Å². The predicted molar refractivity (Wildman–Crippen MR) is 87.5 cm³/mol. The number of fused-ring (bicyclic) bond motifs is 2. The number of likely N-dealkylation sites (N-methyl/N-ethyl adjacent to an activating group) is 1. The summed E-state index contributed by atoms with van der Waals surface area (Å²) in [7, 11) is 2.30. The molecule has 0 saturated carbocycles. The van der Waals surface area contributed by atoms with Gasteiger partial charge in [-0.15, -0.1) is 0 Å². The first-order valence-electron chi connectivity index (χ1n) is 8.39. The number of aromatic nitrogens is 1. The molecule has 2 atom stereocenters. The van der Waals surface area contributed by atoms with Crippen molar-refractivity contribution in [1.29, 1.82) is 0 Å². The van der Waals surface area contributed by atoms with Crippen LogP contribution in [-0.4, -0.2) is 53.5 Å². The van der Waals surface area contributed by atoms with Crippen molar-refractivity contribution in [2.75, 3.05) is 32.0 Å². The van der Waals surface area contributed by atoms with Crippen molar-refractivity contribution in [2.45, 2.75) is 51.2 Å². The fourth-order valence-electron chi connectivity index (χ4n) is 3.70. The van der Waals surface area contributed by atoms with Gasteiger partial charge in [-0.2, -0.15) is 0 Å². The SMILES string of the molecule is CCCNc1ccnc(CN2CCC3CCC(C2)N3C)c1. The van der Waals surface area contributed by atoms with E-state index in [0.717, 1.165) is 31.6 Å². The molecule has 1 N–H and O–H groups in total. The number of rotatable bonds is 5. The van der Waals surface area contributed by atoms with Crippen LogP contribution in [0.25, 0.3) is 0 Å². The molecule has 1 aromatic heterocycles. The summed E-state index contributed by atoms with van der Waals surface area (Å²) in [5, 5.41) is 3.45. The Balaban J connectivity index is 1.61. The standard InChI is InChI=1S/C17H28N4/c1-3-8-18-14-6-9-19-15(11-14)12-21-10-7-16-4-5-17(13-21)20(16)2/h6,9,11,16-17H,3-5,7-8,10,12-13H2,1-2H3,(H,18,19). The molecular weight excluding hydrogens is 260 g/mol. The minimum atomic E-state index is 0.749. The summed E-state index contributed by atoms with van der Waals surface area (Å²) in [6.07, 6.45) is 7.15. The van der Waals surface area contributed by atoms with Crippen molar-refractivity contribution < 1.29 is 0 Å². The van der Waals surface area contributed by atoms with E-state index in [1.165, 1.54) is 43.7 Å². The maximum atomic E-state index is 4.56. The Hall–Kier alpha value is -1.13. The molecular formula is C17H28N4. The molecule has 0 radical (unpaired) electrons. The number of nitrogens with zero attached hydrogens (tertiary/aromatic N) is 3. The van der Waals surface area contributed by atoms with E-state index >= 15 is 0 Å². The van der Waals surface area contributed by atoms with Gasteiger partial charge in [-0.25, -0.2) is 0 Å². The lowest BCUT2D eigenvalue weighted by Gasteiger charge is -2.25. The van der Waals surface area contributed by atoms with E-state index < -0.39 is 0 Å². The molecule has 4 heteroatoms. The third-order valence-electron chi connectivity index (χ3n) is 5.01. The fourth-order valence-corrected chi connectivity index (χ4v) is 3.70. The molecule has 2 unspecified atom stereocenters. The summed E-state index contributed by atoms with van der Waals surface area (Å²) in [6.45, 7) is 6.61. The first-order valence-corrected chi connectivity index (χ1v) is 8.39. The van der Waals surface area contributed by atoms with Crippen molar-refractivity contribution in [1.82, 2.24) is 14.8 Å². The average molecular weight is 288 g/mol. The van der Waals surface area contributed by atoms with Crippen molar-refractivity contribution in [3.05, 3.63) is 24.0 Å². The molecule has 3 heterocycles. The molecule has 2 aliphatic heterocycles. The van der Waals surface area contributed by atoms with Gasteiger partial charge in [0.2, 0.25) is 0 Å². The second kappa shape index (κ2) is 6.75. The lowest BCUT2D eigenvalue weighted by Crippen LogP contribution is -2.36. The monoisotopic (exact) mass is 288 g/mol. The van der Waals surface area contributed by atoms with Gasteiger partial charge in [-0.05, 0) is 44.9 Å². The summed E-state index contributed by atoms with van der Waals surface area (Å²) in [5.74, 6) is 0. The summed E-state index contributed by atoms with van der Waals surface area (Å²) in [4.78, 5) is 9.75. The molecule has 21 heavy (non-hydrogen) atoms. The molecule has 0 spiro atoms. The highest BCUT2D eigenvalue weighted by atomic mass is 15.3. The molecule has 2 bridgehead atoms. The van der Waals surface area contributed by atoms with Crippen LogP contribution in [0.5, 0.6) is 0 Å². The summed E-state index contributed by atoms with van der Waals surface area (Å²) >= 11 is 0. The zero-order valence-corrected chi connectivity index (χ0v) is 13.4. The Labute approximate surface area is 128 Å². The highest BCUT2D eigenvalue weighted by Gasteiger charge is 2.34. The van der Waals surface area contributed by atoms with Crippen LogP contribution in [-0.2, 0) is 6.54 Å². The summed E-state index contributed by atoms with van der Waals surface area (Å²) in [5.41, 5.74) is 2.40. The molecule has 0 amide bonds. The largest absolute Gasteiger partial charge is 0.385 e. The summed E-state index contributed by atoms with van der Waals surface area (Å²) < 4.78 is 0. The van der Waals surface area contributed by atoms with E-state index in [1.54, 1.807) is 0 Å². The van der Waals surface area contributed by atoms with E-state index in [2.05, 4.69) is 46.2 Å². The molecule has 0 aliphatic carbocycles. The van der Waals surface area contributed by atoms with Gasteiger partial charge in [0.05, 0.1) is 5.69 Å². The molecule has 0 aromatic carbocycles. The first kappa shape index (κ1) is 14.8.